The first kappa shape index (κ1) is 12.6. The number of benzene rings is 1. The summed E-state index contributed by atoms with van der Waals surface area (Å²) in [5.74, 6) is 0.867. The fourth-order valence-electron chi connectivity index (χ4n) is 1.63. The molecular weight excluding hydrogens is 226 g/mol. The van der Waals surface area contributed by atoms with Gasteiger partial charge in [-0.3, -0.25) is 0 Å². The SMILES string of the molecule is CCC(C)Oc1cccc(-n2ccc(CN)n2)c1. The number of rotatable bonds is 5. The maximum absolute atomic E-state index is 5.79. The average Bonchev–Trinajstić information content (AvgIpc) is 2.87. The zero-order chi connectivity index (χ0) is 13.0. The van der Waals surface area contributed by atoms with E-state index in [0.717, 1.165) is 23.6 Å². The van der Waals surface area contributed by atoms with Gasteiger partial charge in [0.2, 0.25) is 0 Å². The van der Waals surface area contributed by atoms with Crippen molar-refractivity contribution in [2.24, 2.45) is 5.73 Å². The van der Waals surface area contributed by atoms with Crippen LogP contribution in [0.3, 0.4) is 0 Å². The van der Waals surface area contributed by atoms with Crippen LogP contribution in [-0.2, 0) is 6.54 Å². The molecule has 1 atom stereocenters. The van der Waals surface area contributed by atoms with Gasteiger partial charge in [0.05, 0.1) is 17.5 Å². The molecule has 2 aromatic rings. The Morgan fingerprint density at radius 1 is 1.39 bits per heavy atom. The normalized spacial score (nSPS) is 12.4. The van der Waals surface area contributed by atoms with Crippen LogP contribution < -0.4 is 10.5 Å². The van der Waals surface area contributed by atoms with Crippen LogP contribution in [-0.4, -0.2) is 15.9 Å². The first-order chi connectivity index (χ1) is 8.72. The highest BCUT2D eigenvalue weighted by atomic mass is 16.5. The molecule has 18 heavy (non-hydrogen) atoms. The molecule has 0 fully saturated rings. The number of nitrogens with zero attached hydrogens (tertiary/aromatic N) is 2. The lowest BCUT2D eigenvalue weighted by atomic mass is 10.3. The Hall–Kier alpha value is -1.81. The summed E-state index contributed by atoms with van der Waals surface area (Å²) in [7, 11) is 0. The van der Waals surface area contributed by atoms with E-state index in [4.69, 9.17) is 10.5 Å². The number of hydrogen-bond donors (Lipinski definition) is 1. The molecule has 96 valence electrons. The van der Waals surface area contributed by atoms with Gasteiger partial charge in [0.25, 0.3) is 0 Å². The maximum Gasteiger partial charge on any atom is 0.121 e. The molecule has 0 aliphatic rings. The van der Waals surface area contributed by atoms with Gasteiger partial charge in [-0.2, -0.15) is 5.10 Å². The number of ether oxygens (including phenoxy) is 1. The summed E-state index contributed by atoms with van der Waals surface area (Å²) in [6.45, 7) is 4.62. The lowest BCUT2D eigenvalue weighted by Gasteiger charge is -2.13. The van der Waals surface area contributed by atoms with Crippen molar-refractivity contribution in [2.45, 2.75) is 32.9 Å². The van der Waals surface area contributed by atoms with Crippen LogP contribution in [0.25, 0.3) is 5.69 Å². The second-order valence-corrected chi connectivity index (χ2v) is 4.29. The molecule has 1 heterocycles. The monoisotopic (exact) mass is 245 g/mol. The van der Waals surface area contributed by atoms with E-state index < -0.39 is 0 Å². The summed E-state index contributed by atoms with van der Waals surface area (Å²) < 4.78 is 7.60. The van der Waals surface area contributed by atoms with Crippen LogP contribution in [0.15, 0.2) is 36.5 Å². The Bertz CT molecular complexity index is 507. The van der Waals surface area contributed by atoms with E-state index in [0.29, 0.717) is 6.54 Å². The molecule has 1 aromatic carbocycles. The molecule has 0 spiro atoms. The smallest absolute Gasteiger partial charge is 0.121 e. The van der Waals surface area contributed by atoms with Crippen molar-refractivity contribution in [2.75, 3.05) is 0 Å². The van der Waals surface area contributed by atoms with Crippen LogP contribution in [0, 0.1) is 0 Å². The third-order valence-electron chi connectivity index (χ3n) is 2.85. The van der Waals surface area contributed by atoms with Crippen LogP contribution in [0.1, 0.15) is 26.0 Å². The van der Waals surface area contributed by atoms with E-state index in [1.54, 1.807) is 0 Å². The quantitative estimate of drug-likeness (QED) is 0.880. The van der Waals surface area contributed by atoms with E-state index in [2.05, 4.69) is 18.9 Å². The summed E-state index contributed by atoms with van der Waals surface area (Å²) in [6, 6.07) is 9.83. The van der Waals surface area contributed by atoms with Gasteiger partial charge < -0.3 is 10.5 Å². The highest BCUT2D eigenvalue weighted by Gasteiger charge is 2.04. The fraction of sp³-hybridized carbons (Fsp3) is 0.357. The standard InChI is InChI=1S/C14H19N3O/c1-3-11(2)18-14-6-4-5-13(9-14)17-8-7-12(10-15)16-17/h4-9,11H,3,10,15H2,1-2H3. The second kappa shape index (κ2) is 5.69. The molecule has 2 rings (SSSR count). The molecule has 2 N–H and O–H groups in total. The van der Waals surface area contributed by atoms with E-state index in [1.165, 1.54) is 0 Å². The van der Waals surface area contributed by atoms with Crippen molar-refractivity contribution in [1.82, 2.24) is 9.78 Å². The molecule has 0 saturated carbocycles. The molecule has 1 aromatic heterocycles. The summed E-state index contributed by atoms with van der Waals surface area (Å²) in [5.41, 5.74) is 7.41. The van der Waals surface area contributed by atoms with E-state index >= 15 is 0 Å². The Morgan fingerprint density at radius 2 is 2.22 bits per heavy atom. The third kappa shape index (κ3) is 2.90. The average molecular weight is 245 g/mol. The first-order valence-corrected chi connectivity index (χ1v) is 6.24. The highest BCUT2D eigenvalue weighted by molar-refractivity contribution is 5.38. The predicted molar refractivity (Wildman–Crippen MR) is 71.8 cm³/mol. The van der Waals surface area contributed by atoms with E-state index in [-0.39, 0.29) is 6.10 Å². The summed E-state index contributed by atoms with van der Waals surface area (Å²) in [6.07, 6.45) is 3.12. The van der Waals surface area contributed by atoms with Gasteiger partial charge >= 0.3 is 0 Å². The molecule has 0 radical (unpaired) electrons. The predicted octanol–water partition coefficient (Wildman–Crippen LogP) is 2.51. The van der Waals surface area contributed by atoms with Gasteiger partial charge in [-0.15, -0.1) is 0 Å². The summed E-state index contributed by atoms with van der Waals surface area (Å²) >= 11 is 0. The van der Waals surface area contributed by atoms with Gasteiger partial charge in [-0.1, -0.05) is 13.0 Å². The minimum atomic E-state index is 0.220. The molecule has 0 bridgehead atoms. The van der Waals surface area contributed by atoms with E-state index in [9.17, 15) is 0 Å². The van der Waals surface area contributed by atoms with Crippen molar-refractivity contribution in [1.29, 1.82) is 0 Å². The molecule has 0 aliphatic heterocycles. The lowest BCUT2D eigenvalue weighted by molar-refractivity contribution is 0.217. The second-order valence-electron chi connectivity index (χ2n) is 4.29. The molecule has 0 aliphatic carbocycles. The summed E-state index contributed by atoms with van der Waals surface area (Å²) in [4.78, 5) is 0. The first-order valence-electron chi connectivity index (χ1n) is 6.24. The van der Waals surface area contributed by atoms with Crippen molar-refractivity contribution < 1.29 is 4.74 Å². The fourth-order valence-corrected chi connectivity index (χ4v) is 1.63. The maximum atomic E-state index is 5.79. The van der Waals surface area contributed by atoms with Gasteiger partial charge in [-0.05, 0) is 31.5 Å². The molecular formula is C14H19N3O. The van der Waals surface area contributed by atoms with Crippen LogP contribution in [0.5, 0.6) is 5.75 Å². The topological polar surface area (TPSA) is 53.1 Å². The number of hydrogen-bond acceptors (Lipinski definition) is 3. The molecule has 4 heteroatoms. The Morgan fingerprint density at radius 3 is 2.89 bits per heavy atom. The molecule has 4 nitrogen and oxygen atoms in total. The zero-order valence-electron chi connectivity index (χ0n) is 10.8. The van der Waals surface area contributed by atoms with E-state index in [1.807, 2.05) is 41.2 Å². The van der Waals surface area contributed by atoms with Crippen molar-refractivity contribution >= 4 is 0 Å². The minimum Gasteiger partial charge on any atom is -0.491 e. The van der Waals surface area contributed by atoms with Crippen molar-refractivity contribution in [3.05, 3.63) is 42.2 Å². The minimum absolute atomic E-state index is 0.220. The molecule has 0 saturated heterocycles. The van der Waals surface area contributed by atoms with Gasteiger partial charge in [0.15, 0.2) is 0 Å². The van der Waals surface area contributed by atoms with Crippen LogP contribution in [0.4, 0.5) is 0 Å². The van der Waals surface area contributed by atoms with Crippen molar-refractivity contribution in [3.63, 3.8) is 0 Å². The lowest BCUT2D eigenvalue weighted by Crippen LogP contribution is -2.10. The Balaban J connectivity index is 2.21. The highest BCUT2D eigenvalue weighted by Crippen LogP contribution is 2.18. The number of aromatic nitrogens is 2. The van der Waals surface area contributed by atoms with Crippen LogP contribution >= 0.6 is 0 Å². The van der Waals surface area contributed by atoms with Gasteiger partial charge in [-0.25, -0.2) is 4.68 Å². The van der Waals surface area contributed by atoms with Gasteiger partial charge in [0.1, 0.15) is 5.75 Å². The molecule has 0 amide bonds. The number of nitrogens with two attached hydrogens (primary N) is 1. The molecule has 1 unspecified atom stereocenters. The summed E-state index contributed by atoms with van der Waals surface area (Å²) in [5, 5.41) is 4.38. The van der Waals surface area contributed by atoms with Crippen LogP contribution in [0.2, 0.25) is 0 Å². The zero-order valence-corrected chi connectivity index (χ0v) is 10.8. The Kier molecular flexibility index (Phi) is 3.99. The van der Waals surface area contributed by atoms with Crippen molar-refractivity contribution in [3.8, 4) is 11.4 Å². The Labute approximate surface area is 107 Å². The van der Waals surface area contributed by atoms with Gasteiger partial charge in [0, 0.05) is 18.8 Å². The third-order valence-corrected chi connectivity index (χ3v) is 2.85. The largest absolute Gasteiger partial charge is 0.491 e.